The lowest BCUT2D eigenvalue weighted by atomic mass is 9.98. The van der Waals surface area contributed by atoms with Gasteiger partial charge in [-0.15, -0.1) is 10.2 Å². The zero-order valence-electron chi connectivity index (χ0n) is 79.3. The molecule has 0 saturated carbocycles. The van der Waals surface area contributed by atoms with E-state index >= 15 is 0 Å². The van der Waals surface area contributed by atoms with E-state index in [4.69, 9.17) is 51.8 Å². The third kappa shape index (κ3) is 17.6. The van der Waals surface area contributed by atoms with Gasteiger partial charge in [-0.3, -0.25) is 28.3 Å². The molecular weight excluding hydrogens is 1710 g/mol. The number of anilines is 5. The second kappa shape index (κ2) is 37.6. The number of pyridine rings is 3. The standard InChI is InChI=1S/C26H34N8O.2C25H30N8O.C25H29N7O/c1-18-16-34-24(29-25(18)32-13-8-20(27)17-32)15-21(30-34)22-6-2-3-12-33(22)26(35)19-7-9-28-23(14-19)31-10-4-5-11-31;1-16-9-12-30(14-16)23-17(2)15-33-22(26-23)13-20(29-33)21-8-4-5-10-32(21)25(34)19-7-6-11-31-18(3)27-28-24(19)31;1-16-14-33-22(27-24(16)31-12-10-17(26)15-31)13-19(28-33)21-9-5-6-11-32(21)25(34)23-18-7-3-4-8-20(18)30(2)29-23;1-17-9-12-30(14-17)24-18(2)15-32-23(27-24)13-19(28-32)21-7-3-6-11-31(21)25(33)20-16-29-10-5-4-8-22(29)26-20/h7,9,14-16,20,22H,2-6,8,10-13,17,27H2,1H3;6-7,11,13,15-16,21H,4-5,8-10,12,14H2,1-3H3;3-4,7-8,13-14,17,21H,5-6,9-12,15,26H2,1-2H3;4-5,8,10,13,15-17,21H,3,6-7,9,11-12,14H2,1-2H3/t20-,22-;16-,21-;2*17-,21-/m0000/s1. The number of aryl methyl sites for hydroxylation is 6. The number of hydrogen-bond acceptors (Lipinski definition) is 24. The van der Waals surface area contributed by atoms with E-state index in [0.717, 1.165) is 281 Å². The molecular formula is C101H123N31O4. The quantitative estimate of drug-likeness (QED) is 0.108. The Morgan fingerprint density at radius 2 is 0.824 bits per heavy atom. The van der Waals surface area contributed by atoms with Crippen LogP contribution in [0.2, 0.25) is 0 Å². The van der Waals surface area contributed by atoms with Crippen LogP contribution < -0.4 is 36.0 Å². The fourth-order valence-electron chi connectivity index (χ4n) is 22.0. The molecule has 0 aliphatic carbocycles. The van der Waals surface area contributed by atoms with Crippen LogP contribution in [0.1, 0.15) is 246 Å². The molecule has 15 aromatic rings. The summed E-state index contributed by atoms with van der Waals surface area (Å²) in [5.74, 6) is 7.11. The number of carbonyl (C=O) groups excluding carboxylic acids is 4. The number of para-hydroxylation sites is 1. The van der Waals surface area contributed by atoms with Gasteiger partial charge in [-0.05, 0) is 204 Å². The monoisotopic (exact) mass is 1830 g/mol. The maximum Gasteiger partial charge on any atom is 0.275 e. The van der Waals surface area contributed by atoms with Crippen molar-refractivity contribution < 1.29 is 19.2 Å². The van der Waals surface area contributed by atoms with Crippen LogP contribution >= 0.6 is 0 Å². The Morgan fingerprint density at radius 3 is 1.29 bits per heavy atom. The van der Waals surface area contributed by atoms with E-state index in [2.05, 4.69) is 122 Å². The largest absolute Gasteiger partial charge is 0.357 e. The van der Waals surface area contributed by atoms with Crippen molar-refractivity contribution in [2.75, 3.05) is 116 Å². The third-order valence-electron chi connectivity index (χ3n) is 29.2. The highest BCUT2D eigenvalue weighted by atomic mass is 16.2. The van der Waals surface area contributed by atoms with E-state index in [-0.39, 0.29) is 59.9 Å². The van der Waals surface area contributed by atoms with E-state index < -0.39 is 0 Å². The molecule has 0 bridgehead atoms. The second-order valence-corrected chi connectivity index (χ2v) is 39.2. The van der Waals surface area contributed by atoms with Gasteiger partial charge in [0.05, 0.1) is 58.0 Å². The summed E-state index contributed by atoms with van der Waals surface area (Å²) in [4.78, 5) is 103. The summed E-state index contributed by atoms with van der Waals surface area (Å²) < 4.78 is 13.0. The van der Waals surface area contributed by atoms with E-state index in [1.165, 1.54) is 25.7 Å². The molecule has 14 aromatic heterocycles. The number of piperidine rings is 4. The van der Waals surface area contributed by atoms with Crippen LogP contribution in [0.3, 0.4) is 0 Å². The zero-order valence-corrected chi connectivity index (χ0v) is 79.3. The van der Waals surface area contributed by atoms with Crippen molar-refractivity contribution in [3.63, 3.8) is 0 Å². The number of likely N-dealkylation sites (tertiary alicyclic amines) is 4. The predicted octanol–water partition coefficient (Wildman–Crippen LogP) is 13.3. The molecule has 35 heteroatoms. The number of imidazole rings is 1. The van der Waals surface area contributed by atoms with Crippen molar-refractivity contribution in [3.8, 4) is 0 Å². The zero-order chi connectivity index (χ0) is 93.3. The Bertz CT molecular complexity index is 6950. The van der Waals surface area contributed by atoms with Crippen molar-refractivity contribution in [2.24, 2.45) is 30.4 Å². The third-order valence-corrected chi connectivity index (χ3v) is 29.2. The first-order valence-electron chi connectivity index (χ1n) is 49.2. The van der Waals surface area contributed by atoms with Gasteiger partial charge in [-0.2, -0.15) is 25.5 Å². The van der Waals surface area contributed by atoms with Gasteiger partial charge in [0.2, 0.25) is 0 Å². The lowest BCUT2D eigenvalue weighted by molar-refractivity contribution is 0.0593. The van der Waals surface area contributed by atoms with Crippen molar-refractivity contribution in [3.05, 3.63) is 214 Å². The molecule has 8 atom stereocenters. The first kappa shape index (κ1) is 89.0. The summed E-state index contributed by atoms with van der Waals surface area (Å²) in [6.07, 6.45) is 34.2. The van der Waals surface area contributed by atoms with Crippen LogP contribution in [0.5, 0.6) is 0 Å². The Balaban J connectivity index is 0.000000108. The molecule has 9 fully saturated rings. The average Bonchev–Trinajstić information content (AvgIpc) is 1.63. The molecule has 706 valence electrons. The van der Waals surface area contributed by atoms with Gasteiger partial charge in [0, 0.05) is 218 Å². The fraction of sp³-hybridized carbons (Fsp3) is 0.475. The summed E-state index contributed by atoms with van der Waals surface area (Å²) >= 11 is 0. The number of hydrogen-bond donors (Lipinski definition) is 2. The molecule has 9 saturated heterocycles. The first-order chi connectivity index (χ1) is 66.1. The smallest absolute Gasteiger partial charge is 0.275 e. The van der Waals surface area contributed by atoms with Crippen LogP contribution in [0.15, 0.2) is 141 Å². The number of aromatic nitrogens is 20. The van der Waals surface area contributed by atoms with Crippen molar-refractivity contribution in [2.45, 2.75) is 200 Å². The maximum absolute atomic E-state index is 13.7. The second-order valence-electron chi connectivity index (χ2n) is 39.2. The van der Waals surface area contributed by atoms with Gasteiger partial charge in [0.1, 0.15) is 46.3 Å². The number of fused-ring (bicyclic) bond motifs is 7. The van der Waals surface area contributed by atoms with Crippen LogP contribution in [0.25, 0.3) is 44.8 Å². The topological polar surface area (TPSA) is 348 Å². The SMILES string of the molecule is Cc1cn2nc([C@@H]3CCCCN3C(=O)c3cccn4c(C)nnc34)cc2nc1N1CC[C@H](C)C1.Cc1cn2nc([C@@H]3CCCCN3C(=O)c3ccnc(N4CCCC4)c3)cc2nc1N1CC[C@H](N)C1.Cc1cn2nc([C@@H]3CCCCN3C(=O)c3cn4ccccc4n3)cc2nc1N1CC[C@H](C)C1.Cc1cn2nc([C@@H]3CCCCN3C(=O)c3nn(C)c4ccccc34)cc2nc1N1CC[C@H](N)C1. The molecule has 35 nitrogen and oxygen atoms in total. The van der Waals surface area contributed by atoms with E-state index in [9.17, 15) is 19.2 Å². The minimum atomic E-state index is -0.0901. The molecule has 24 rings (SSSR count). The molecule has 136 heavy (non-hydrogen) atoms. The highest BCUT2D eigenvalue weighted by Crippen LogP contribution is 2.41. The molecule has 9 aliphatic heterocycles. The van der Waals surface area contributed by atoms with Crippen LogP contribution in [0.4, 0.5) is 29.1 Å². The van der Waals surface area contributed by atoms with Gasteiger partial charge >= 0.3 is 0 Å². The molecule has 9 aliphatic rings. The van der Waals surface area contributed by atoms with Gasteiger partial charge < -0.3 is 60.0 Å². The molecule has 4 N–H and O–H groups in total. The molecule has 4 amide bonds. The van der Waals surface area contributed by atoms with E-state index in [1.807, 2.05) is 164 Å². The fourth-order valence-corrected chi connectivity index (χ4v) is 22.0. The Morgan fingerprint density at radius 1 is 0.382 bits per heavy atom. The number of rotatable bonds is 13. The van der Waals surface area contributed by atoms with E-state index in [0.29, 0.717) is 59.6 Å². The van der Waals surface area contributed by atoms with Crippen molar-refractivity contribution in [1.82, 2.24) is 117 Å². The van der Waals surface area contributed by atoms with E-state index in [1.54, 1.807) is 10.9 Å². The lowest BCUT2D eigenvalue weighted by Crippen LogP contribution is -2.39. The van der Waals surface area contributed by atoms with Crippen LogP contribution in [-0.4, -0.2) is 244 Å². The van der Waals surface area contributed by atoms with Gasteiger partial charge in [-0.25, -0.2) is 48.0 Å². The van der Waals surface area contributed by atoms with Crippen LogP contribution in [-0.2, 0) is 7.05 Å². The molecule has 0 unspecified atom stereocenters. The van der Waals surface area contributed by atoms with Gasteiger partial charge in [0.15, 0.2) is 33.9 Å². The highest BCUT2D eigenvalue weighted by Gasteiger charge is 2.39. The first-order valence-corrected chi connectivity index (χ1v) is 49.2. The maximum atomic E-state index is 13.7. The minimum Gasteiger partial charge on any atom is -0.357 e. The summed E-state index contributed by atoms with van der Waals surface area (Å²) in [7, 11) is 1.88. The highest BCUT2D eigenvalue weighted by molar-refractivity contribution is 6.05. The molecule has 0 spiro atoms. The summed E-state index contributed by atoms with van der Waals surface area (Å²) in [6, 6.07) is 29.5. The number of benzene rings is 1. The van der Waals surface area contributed by atoms with Gasteiger partial charge in [-0.1, -0.05) is 38.1 Å². The normalized spacial score (nSPS) is 21.7. The number of amides is 4. The molecule has 1 aromatic carbocycles. The Kier molecular flexibility index (Phi) is 24.6. The number of nitrogens with two attached hydrogens (primary N) is 2. The number of nitrogens with zero attached hydrogens (tertiary/aromatic N) is 29. The number of carbonyl (C=O) groups is 4. The van der Waals surface area contributed by atoms with Gasteiger partial charge in [0.25, 0.3) is 23.6 Å². The average molecular weight is 1840 g/mol. The summed E-state index contributed by atoms with van der Waals surface area (Å²) in [5.41, 5.74) is 28.2. The summed E-state index contributed by atoms with van der Waals surface area (Å²) in [5, 5.41) is 33.4. The van der Waals surface area contributed by atoms with Crippen molar-refractivity contribution >= 4 is 97.5 Å². The minimum absolute atomic E-state index is 0.0179. The lowest BCUT2D eigenvalue weighted by Gasteiger charge is -2.35. The molecule has 0 radical (unpaired) electrons. The van der Waals surface area contributed by atoms with Crippen LogP contribution in [0, 0.1) is 46.5 Å². The van der Waals surface area contributed by atoms with Crippen molar-refractivity contribution in [1.29, 1.82) is 0 Å². The summed E-state index contributed by atoms with van der Waals surface area (Å²) in [6.45, 7) is 27.4. The Hall–Kier alpha value is -13.6. The Labute approximate surface area is 789 Å². The predicted molar refractivity (Wildman–Crippen MR) is 522 cm³/mol. The molecule has 23 heterocycles.